The topological polar surface area (TPSA) is 123 Å². The predicted octanol–water partition coefficient (Wildman–Crippen LogP) is 2.26. The highest BCUT2D eigenvalue weighted by atomic mass is 16.3. The van der Waals surface area contributed by atoms with E-state index >= 15 is 0 Å². The fraction of sp³-hybridized carbons (Fsp3) is 0.200. The second-order valence-corrected chi connectivity index (χ2v) is 5.98. The zero-order valence-electron chi connectivity index (χ0n) is 15.2. The van der Waals surface area contributed by atoms with E-state index in [1.54, 1.807) is 36.4 Å². The molecular weight excluding hydrogens is 360 g/mol. The van der Waals surface area contributed by atoms with Crippen molar-refractivity contribution in [1.29, 1.82) is 0 Å². The first kappa shape index (κ1) is 20.6. The molecule has 0 saturated heterocycles. The highest BCUT2D eigenvalue weighted by molar-refractivity contribution is 5.83. The molecule has 0 bridgehead atoms. The molecule has 0 aliphatic heterocycles. The second-order valence-electron chi connectivity index (χ2n) is 5.98. The third kappa shape index (κ3) is 8.13. The first-order chi connectivity index (χ1) is 13.5. The van der Waals surface area contributed by atoms with Crippen LogP contribution in [0.25, 0.3) is 0 Å². The standard InChI is InChI=1S/C20H22N4O4/c25-17-7-3-5-15(11-17)13-21-23-19(27)9-1-2-10-20(28)24-22-14-16-6-4-8-18(26)12-16/h3-8,11-14,25-26H,1-2,9-10H2,(H,23,27)(H,24,28). The highest BCUT2D eigenvalue weighted by Crippen LogP contribution is 2.09. The average Bonchev–Trinajstić information content (AvgIpc) is 2.65. The lowest BCUT2D eigenvalue weighted by Crippen LogP contribution is -2.19. The lowest BCUT2D eigenvalue weighted by Gasteiger charge is -2.01. The summed E-state index contributed by atoms with van der Waals surface area (Å²) in [4.78, 5) is 23.4. The molecule has 28 heavy (non-hydrogen) atoms. The van der Waals surface area contributed by atoms with E-state index in [4.69, 9.17) is 0 Å². The van der Waals surface area contributed by atoms with Gasteiger partial charge < -0.3 is 10.2 Å². The number of amides is 2. The van der Waals surface area contributed by atoms with Gasteiger partial charge in [-0.3, -0.25) is 9.59 Å². The quantitative estimate of drug-likeness (QED) is 0.302. The van der Waals surface area contributed by atoms with Crippen molar-refractivity contribution in [3.05, 3.63) is 59.7 Å². The maximum Gasteiger partial charge on any atom is 0.240 e. The molecule has 0 aromatic heterocycles. The van der Waals surface area contributed by atoms with Crippen molar-refractivity contribution in [2.75, 3.05) is 0 Å². The van der Waals surface area contributed by atoms with Gasteiger partial charge in [-0.1, -0.05) is 24.3 Å². The van der Waals surface area contributed by atoms with E-state index in [-0.39, 0.29) is 36.2 Å². The number of nitrogens with one attached hydrogen (secondary N) is 2. The van der Waals surface area contributed by atoms with Gasteiger partial charge in [0.15, 0.2) is 0 Å². The molecule has 0 spiro atoms. The fourth-order valence-corrected chi connectivity index (χ4v) is 2.25. The van der Waals surface area contributed by atoms with Gasteiger partial charge in [0.05, 0.1) is 12.4 Å². The molecule has 146 valence electrons. The van der Waals surface area contributed by atoms with Gasteiger partial charge in [0.1, 0.15) is 11.5 Å². The molecule has 0 aliphatic rings. The van der Waals surface area contributed by atoms with Crippen molar-refractivity contribution in [2.24, 2.45) is 10.2 Å². The van der Waals surface area contributed by atoms with Crippen LogP contribution in [0.5, 0.6) is 11.5 Å². The minimum Gasteiger partial charge on any atom is -0.508 e. The molecule has 2 amide bonds. The van der Waals surface area contributed by atoms with E-state index in [1.807, 2.05) is 0 Å². The molecule has 0 saturated carbocycles. The maximum absolute atomic E-state index is 11.7. The molecule has 0 heterocycles. The van der Waals surface area contributed by atoms with Gasteiger partial charge in [0.25, 0.3) is 0 Å². The summed E-state index contributed by atoms with van der Waals surface area (Å²) >= 11 is 0. The summed E-state index contributed by atoms with van der Waals surface area (Å²) in [7, 11) is 0. The van der Waals surface area contributed by atoms with Crippen LogP contribution in [-0.4, -0.2) is 34.5 Å². The minimum absolute atomic E-state index is 0.125. The Bertz CT molecular complexity index is 793. The molecule has 2 aromatic carbocycles. The summed E-state index contributed by atoms with van der Waals surface area (Å²) in [5.41, 5.74) is 6.14. The molecule has 2 rings (SSSR count). The molecule has 0 fully saturated rings. The van der Waals surface area contributed by atoms with Gasteiger partial charge in [0, 0.05) is 12.8 Å². The van der Waals surface area contributed by atoms with Crippen molar-refractivity contribution in [2.45, 2.75) is 25.7 Å². The molecule has 8 nitrogen and oxygen atoms in total. The Labute approximate surface area is 162 Å². The molecule has 4 N–H and O–H groups in total. The lowest BCUT2D eigenvalue weighted by atomic mass is 10.2. The number of aromatic hydroxyl groups is 2. The Balaban J connectivity index is 1.58. The number of hydrazone groups is 2. The third-order valence-corrected chi connectivity index (χ3v) is 3.60. The summed E-state index contributed by atoms with van der Waals surface area (Å²) in [6.07, 6.45) is 4.45. The van der Waals surface area contributed by atoms with E-state index in [9.17, 15) is 19.8 Å². The Morgan fingerprint density at radius 2 is 1.21 bits per heavy atom. The number of hydrogen-bond donors (Lipinski definition) is 4. The number of benzene rings is 2. The molecular formula is C20H22N4O4. The van der Waals surface area contributed by atoms with E-state index in [0.29, 0.717) is 24.0 Å². The fourth-order valence-electron chi connectivity index (χ4n) is 2.25. The van der Waals surface area contributed by atoms with E-state index < -0.39 is 0 Å². The van der Waals surface area contributed by atoms with Crippen molar-refractivity contribution < 1.29 is 19.8 Å². The van der Waals surface area contributed by atoms with Gasteiger partial charge >= 0.3 is 0 Å². The zero-order chi connectivity index (χ0) is 20.2. The van der Waals surface area contributed by atoms with Crippen molar-refractivity contribution >= 4 is 24.2 Å². The van der Waals surface area contributed by atoms with E-state index in [2.05, 4.69) is 21.1 Å². The highest BCUT2D eigenvalue weighted by Gasteiger charge is 2.03. The molecule has 0 unspecified atom stereocenters. The van der Waals surface area contributed by atoms with E-state index in [0.717, 1.165) is 0 Å². The molecule has 2 aromatic rings. The average molecular weight is 382 g/mol. The Kier molecular flexibility index (Phi) is 8.19. The summed E-state index contributed by atoms with van der Waals surface area (Å²) in [5.74, 6) is -0.253. The smallest absolute Gasteiger partial charge is 0.240 e. The van der Waals surface area contributed by atoms with E-state index in [1.165, 1.54) is 24.6 Å². The normalized spacial score (nSPS) is 11.0. The van der Waals surface area contributed by atoms with Crippen molar-refractivity contribution in [3.63, 3.8) is 0 Å². The first-order valence-corrected chi connectivity index (χ1v) is 8.75. The molecule has 0 atom stereocenters. The van der Waals surface area contributed by atoms with Crippen LogP contribution in [0.3, 0.4) is 0 Å². The SMILES string of the molecule is O=C(CCCCC(=O)NN=Cc1cccc(O)c1)NN=Cc1cccc(O)c1. The van der Waals surface area contributed by atoms with Gasteiger partial charge in [-0.2, -0.15) is 10.2 Å². The van der Waals surface area contributed by atoms with Crippen LogP contribution in [0.4, 0.5) is 0 Å². The van der Waals surface area contributed by atoms with Crippen LogP contribution in [0.2, 0.25) is 0 Å². The molecule has 0 aliphatic carbocycles. The number of carbonyl (C=O) groups excluding carboxylic acids is 2. The van der Waals surface area contributed by atoms with Gasteiger partial charge in [0.2, 0.25) is 11.8 Å². The Hall–Kier alpha value is -3.68. The maximum atomic E-state index is 11.7. The van der Waals surface area contributed by atoms with Gasteiger partial charge in [-0.25, -0.2) is 10.9 Å². The van der Waals surface area contributed by atoms with Crippen molar-refractivity contribution in [1.82, 2.24) is 10.9 Å². The third-order valence-electron chi connectivity index (χ3n) is 3.60. The van der Waals surface area contributed by atoms with Crippen LogP contribution in [0, 0.1) is 0 Å². The number of unbranched alkanes of at least 4 members (excludes halogenated alkanes) is 1. The Morgan fingerprint density at radius 1 is 0.786 bits per heavy atom. The zero-order valence-corrected chi connectivity index (χ0v) is 15.2. The summed E-state index contributed by atoms with van der Waals surface area (Å²) in [6.45, 7) is 0. The number of phenolic OH excluding ortho intramolecular Hbond substituents is 2. The largest absolute Gasteiger partial charge is 0.508 e. The number of nitrogens with zero attached hydrogens (tertiary/aromatic N) is 2. The second kappa shape index (κ2) is 11.1. The van der Waals surface area contributed by atoms with Gasteiger partial charge in [-0.05, 0) is 48.2 Å². The first-order valence-electron chi connectivity index (χ1n) is 8.75. The van der Waals surface area contributed by atoms with Crippen LogP contribution in [-0.2, 0) is 9.59 Å². The minimum atomic E-state index is -0.251. The van der Waals surface area contributed by atoms with Crippen LogP contribution in [0.15, 0.2) is 58.7 Å². The number of rotatable bonds is 9. The monoisotopic (exact) mass is 382 g/mol. The van der Waals surface area contributed by atoms with Crippen LogP contribution >= 0.6 is 0 Å². The van der Waals surface area contributed by atoms with Crippen LogP contribution < -0.4 is 10.9 Å². The Morgan fingerprint density at radius 3 is 1.61 bits per heavy atom. The van der Waals surface area contributed by atoms with Crippen LogP contribution in [0.1, 0.15) is 36.8 Å². The molecule has 8 heteroatoms. The number of hydrogen-bond acceptors (Lipinski definition) is 6. The predicted molar refractivity (Wildman–Crippen MR) is 106 cm³/mol. The number of phenols is 2. The van der Waals surface area contributed by atoms with Gasteiger partial charge in [-0.15, -0.1) is 0 Å². The lowest BCUT2D eigenvalue weighted by molar-refractivity contribution is -0.123. The summed E-state index contributed by atoms with van der Waals surface area (Å²) < 4.78 is 0. The summed E-state index contributed by atoms with van der Waals surface area (Å²) in [5, 5.41) is 26.3. The number of carbonyl (C=O) groups is 2. The van der Waals surface area contributed by atoms with Crippen molar-refractivity contribution in [3.8, 4) is 11.5 Å². The molecule has 0 radical (unpaired) electrons. The summed E-state index contributed by atoms with van der Waals surface area (Å²) in [6, 6.07) is 13.0.